The first-order chi connectivity index (χ1) is 16.2. The lowest BCUT2D eigenvalue weighted by Gasteiger charge is -2.15. The van der Waals surface area contributed by atoms with E-state index in [9.17, 15) is 44.3 Å². The van der Waals surface area contributed by atoms with E-state index in [0.717, 1.165) is 24.3 Å². The molecule has 4 aromatic rings. The Labute approximate surface area is 189 Å². The van der Waals surface area contributed by atoms with Gasteiger partial charge in [0.25, 0.3) is 11.1 Å². The molecule has 0 aliphatic rings. The van der Waals surface area contributed by atoms with Crippen LogP contribution in [0.3, 0.4) is 0 Å². The maximum Gasteiger partial charge on any atom is 0.573 e. The summed E-state index contributed by atoms with van der Waals surface area (Å²) < 4.78 is 111. The molecule has 2 heterocycles. The summed E-state index contributed by atoms with van der Waals surface area (Å²) in [5.41, 5.74) is -3.15. The average molecular weight is 520 g/mol. The van der Waals surface area contributed by atoms with Crippen molar-refractivity contribution in [2.24, 2.45) is 0 Å². The Kier molecular flexibility index (Phi) is 5.54. The van der Waals surface area contributed by atoms with Crippen LogP contribution in [0, 0.1) is 0 Å². The normalized spacial score (nSPS) is 12.7. The molecule has 0 amide bonds. The van der Waals surface area contributed by atoms with Crippen molar-refractivity contribution in [1.82, 2.24) is 9.97 Å². The molecule has 15 heteroatoms. The zero-order chi connectivity index (χ0) is 25.8. The number of halogens is 6. The van der Waals surface area contributed by atoms with E-state index >= 15 is 0 Å². The molecule has 8 nitrogen and oxygen atoms in total. The van der Waals surface area contributed by atoms with Crippen molar-refractivity contribution in [3.63, 3.8) is 0 Å². The van der Waals surface area contributed by atoms with Crippen LogP contribution < -0.4 is 20.6 Å². The number of fused-ring (bicyclic) bond motifs is 2. The van der Waals surface area contributed by atoms with Crippen LogP contribution in [0.25, 0.3) is 21.8 Å². The second kappa shape index (κ2) is 8.04. The van der Waals surface area contributed by atoms with Gasteiger partial charge in [0.2, 0.25) is 9.84 Å². The fourth-order valence-corrected chi connectivity index (χ4v) is 4.82. The van der Waals surface area contributed by atoms with Gasteiger partial charge in [-0.05, 0) is 36.4 Å². The Balaban J connectivity index is 2.00. The maximum atomic E-state index is 13.3. The SMILES string of the molecule is O=c1[nH]c2ccc(OC(F)(F)F)cc2cc1S(=O)(=O)c1c(OC(F)(F)F)c2ccccc2[nH]c1=O. The number of hydrogen-bond acceptors (Lipinski definition) is 6. The van der Waals surface area contributed by atoms with Gasteiger partial charge in [-0.15, -0.1) is 26.3 Å². The number of sulfone groups is 1. The molecule has 0 aliphatic carbocycles. The smallest absolute Gasteiger partial charge is 0.406 e. The van der Waals surface area contributed by atoms with Gasteiger partial charge in [0.15, 0.2) is 10.6 Å². The summed E-state index contributed by atoms with van der Waals surface area (Å²) in [7, 11) is -5.31. The van der Waals surface area contributed by atoms with Crippen molar-refractivity contribution >= 4 is 31.6 Å². The van der Waals surface area contributed by atoms with E-state index in [1.54, 1.807) is 0 Å². The van der Waals surface area contributed by atoms with E-state index in [0.29, 0.717) is 6.07 Å². The van der Waals surface area contributed by atoms with E-state index in [4.69, 9.17) is 0 Å². The number of para-hydroxylation sites is 1. The number of ether oxygens (including phenoxy) is 2. The third-order valence-corrected chi connectivity index (χ3v) is 6.41. The van der Waals surface area contributed by atoms with Gasteiger partial charge in [-0.25, -0.2) is 8.42 Å². The van der Waals surface area contributed by atoms with Crippen molar-refractivity contribution < 1.29 is 44.2 Å². The maximum absolute atomic E-state index is 13.3. The lowest BCUT2D eigenvalue weighted by molar-refractivity contribution is -0.275. The quantitative estimate of drug-likeness (QED) is 0.393. The second-order valence-corrected chi connectivity index (χ2v) is 8.82. The Morgan fingerprint density at radius 3 is 2.03 bits per heavy atom. The summed E-state index contributed by atoms with van der Waals surface area (Å²) >= 11 is 0. The number of alkyl halides is 6. The number of aromatic amines is 2. The first kappa shape index (κ1) is 24.1. The fourth-order valence-electron chi connectivity index (χ4n) is 3.33. The average Bonchev–Trinajstić information content (AvgIpc) is 2.71. The van der Waals surface area contributed by atoms with Gasteiger partial charge in [0.1, 0.15) is 10.6 Å². The van der Waals surface area contributed by atoms with Crippen LogP contribution >= 0.6 is 0 Å². The molecule has 2 N–H and O–H groups in total. The van der Waals surface area contributed by atoms with Crippen LogP contribution in [-0.2, 0) is 9.84 Å². The first-order valence-electron chi connectivity index (χ1n) is 9.24. The van der Waals surface area contributed by atoms with Gasteiger partial charge < -0.3 is 19.4 Å². The van der Waals surface area contributed by atoms with Gasteiger partial charge >= 0.3 is 12.7 Å². The summed E-state index contributed by atoms with van der Waals surface area (Å²) in [5, 5.41) is -0.707. The van der Waals surface area contributed by atoms with Crippen LogP contribution in [0.4, 0.5) is 26.3 Å². The molecule has 0 aliphatic heterocycles. The molecule has 0 unspecified atom stereocenters. The van der Waals surface area contributed by atoms with Gasteiger partial charge in [0, 0.05) is 16.3 Å². The highest BCUT2D eigenvalue weighted by molar-refractivity contribution is 7.91. The molecule has 2 aromatic carbocycles. The Bertz CT molecular complexity index is 1690. The van der Waals surface area contributed by atoms with Crippen LogP contribution in [0.2, 0.25) is 0 Å². The number of pyridine rings is 2. The summed E-state index contributed by atoms with van der Waals surface area (Å²) in [5.74, 6) is -2.13. The number of nitrogens with one attached hydrogen (secondary N) is 2. The molecule has 0 spiro atoms. The number of benzene rings is 2. The minimum absolute atomic E-state index is 0.109. The monoisotopic (exact) mass is 520 g/mol. The van der Waals surface area contributed by atoms with E-state index in [-0.39, 0.29) is 16.4 Å². The van der Waals surface area contributed by atoms with E-state index < -0.39 is 60.4 Å². The Morgan fingerprint density at radius 1 is 0.743 bits per heavy atom. The molecular formula is C20H10F6N2O6S. The lowest BCUT2D eigenvalue weighted by atomic mass is 10.2. The molecule has 2 aromatic heterocycles. The summed E-state index contributed by atoms with van der Waals surface area (Å²) in [6.07, 6.45) is -10.5. The lowest BCUT2D eigenvalue weighted by Crippen LogP contribution is -2.27. The first-order valence-corrected chi connectivity index (χ1v) is 10.7. The van der Waals surface area contributed by atoms with Gasteiger partial charge in [0.05, 0.1) is 5.52 Å². The van der Waals surface area contributed by atoms with Gasteiger partial charge in [-0.1, -0.05) is 12.1 Å². The van der Waals surface area contributed by atoms with E-state index in [1.807, 2.05) is 0 Å². The standard InChI is InChI=1S/C20H10F6N2O6S/c21-19(22,23)33-10-5-6-12-9(7-10)8-14(17(29)27-12)35(31,32)16-15(34-20(24,25)26)11-3-1-2-4-13(11)28-18(16)30/h1-8H,(H,27,29)(H,28,30). The van der Waals surface area contributed by atoms with Gasteiger partial charge in [-0.3, -0.25) is 9.59 Å². The number of H-pyrrole nitrogens is 2. The molecular weight excluding hydrogens is 510 g/mol. The van der Waals surface area contributed by atoms with E-state index in [1.165, 1.54) is 18.2 Å². The summed E-state index contributed by atoms with van der Waals surface area (Å²) in [6, 6.07) is 8.06. The minimum Gasteiger partial charge on any atom is -0.406 e. The number of hydrogen-bond donors (Lipinski definition) is 2. The van der Waals surface area contributed by atoms with E-state index in [2.05, 4.69) is 19.4 Å². The predicted molar refractivity (Wildman–Crippen MR) is 108 cm³/mol. The number of aromatic nitrogens is 2. The Morgan fingerprint density at radius 2 is 1.37 bits per heavy atom. The largest absolute Gasteiger partial charge is 0.573 e. The molecule has 0 atom stereocenters. The molecule has 4 rings (SSSR count). The van der Waals surface area contributed by atoms with Crippen molar-refractivity contribution in [2.45, 2.75) is 22.5 Å². The molecule has 0 saturated heterocycles. The van der Waals surface area contributed by atoms with Crippen molar-refractivity contribution in [1.29, 1.82) is 0 Å². The molecule has 184 valence electrons. The third kappa shape index (κ3) is 4.80. The highest BCUT2D eigenvalue weighted by Crippen LogP contribution is 2.36. The van der Waals surface area contributed by atoms with Crippen LogP contribution in [0.1, 0.15) is 0 Å². The highest BCUT2D eigenvalue weighted by Gasteiger charge is 2.38. The molecule has 0 fully saturated rings. The van der Waals surface area contributed by atoms with Crippen LogP contribution in [0.15, 0.2) is 67.9 Å². The topological polar surface area (TPSA) is 118 Å². The molecule has 0 radical (unpaired) electrons. The van der Waals surface area contributed by atoms with Crippen LogP contribution in [-0.4, -0.2) is 31.1 Å². The van der Waals surface area contributed by atoms with Crippen LogP contribution in [0.5, 0.6) is 11.5 Å². The molecule has 35 heavy (non-hydrogen) atoms. The third-order valence-electron chi connectivity index (χ3n) is 4.62. The fraction of sp³-hybridized carbons (Fsp3) is 0.100. The zero-order valence-corrected chi connectivity index (χ0v) is 17.6. The van der Waals surface area contributed by atoms with Crippen molar-refractivity contribution in [2.75, 3.05) is 0 Å². The van der Waals surface area contributed by atoms with Crippen molar-refractivity contribution in [3.8, 4) is 11.5 Å². The highest BCUT2D eigenvalue weighted by atomic mass is 32.2. The van der Waals surface area contributed by atoms with Crippen molar-refractivity contribution in [3.05, 3.63) is 69.2 Å². The van der Waals surface area contributed by atoms with Gasteiger partial charge in [-0.2, -0.15) is 0 Å². The minimum atomic E-state index is -5.42. The summed E-state index contributed by atoms with van der Waals surface area (Å²) in [6.45, 7) is 0. The number of rotatable bonds is 4. The molecule has 0 saturated carbocycles. The second-order valence-electron chi connectivity index (χ2n) is 6.97. The Hall–Kier alpha value is -4.01. The zero-order valence-electron chi connectivity index (χ0n) is 16.7. The summed E-state index contributed by atoms with van der Waals surface area (Å²) in [4.78, 5) is 26.6. The predicted octanol–water partition coefficient (Wildman–Crippen LogP) is 4.00. The molecule has 0 bridgehead atoms.